The highest BCUT2D eigenvalue weighted by atomic mass is 35.5. The zero-order valence-electron chi connectivity index (χ0n) is 18.0. The molecular weight excluding hydrogens is 459 g/mol. The second-order valence-electron chi connectivity index (χ2n) is 8.20. The van der Waals surface area contributed by atoms with Crippen LogP contribution in [0.5, 0.6) is 5.75 Å². The molecule has 0 radical (unpaired) electrons. The summed E-state index contributed by atoms with van der Waals surface area (Å²) in [6.45, 7) is 1.80. The molecule has 2 heterocycles. The summed E-state index contributed by atoms with van der Waals surface area (Å²) < 4.78 is 12.0. The van der Waals surface area contributed by atoms with Crippen molar-refractivity contribution in [3.63, 3.8) is 0 Å². The highest BCUT2D eigenvalue weighted by molar-refractivity contribution is 6.32. The number of hydrogen-bond acceptors (Lipinski definition) is 3. The SMILES string of the molecule is O=C(NCc1ccc2c(c1)CCO2)N1CCC1OC(c1ccccc1Cl)c1ccccc1Cl. The molecule has 170 valence electrons. The fourth-order valence-corrected chi connectivity index (χ4v) is 4.68. The number of hydrogen-bond donors (Lipinski definition) is 1. The summed E-state index contributed by atoms with van der Waals surface area (Å²) in [7, 11) is 0. The van der Waals surface area contributed by atoms with E-state index in [1.54, 1.807) is 4.90 Å². The van der Waals surface area contributed by atoms with E-state index < -0.39 is 6.10 Å². The van der Waals surface area contributed by atoms with Gasteiger partial charge in [-0.1, -0.05) is 71.7 Å². The first-order valence-electron chi connectivity index (χ1n) is 11.0. The van der Waals surface area contributed by atoms with E-state index in [2.05, 4.69) is 11.4 Å². The Morgan fingerprint density at radius 2 is 1.76 bits per heavy atom. The first kappa shape index (κ1) is 22.1. The minimum Gasteiger partial charge on any atom is -0.493 e. The van der Waals surface area contributed by atoms with Gasteiger partial charge in [-0.15, -0.1) is 0 Å². The molecule has 1 saturated heterocycles. The molecule has 7 heteroatoms. The monoisotopic (exact) mass is 482 g/mol. The Balaban J connectivity index is 1.28. The molecule has 0 bridgehead atoms. The molecule has 2 aliphatic rings. The minimum atomic E-state index is -0.482. The van der Waals surface area contributed by atoms with E-state index in [0.717, 1.165) is 41.9 Å². The summed E-state index contributed by atoms with van der Waals surface area (Å²) in [6, 6.07) is 21.0. The lowest BCUT2D eigenvalue weighted by Gasteiger charge is -2.42. The third kappa shape index (κ3) is 4.67. The maximum Gasteiger partial charge on any atom is 0.319 e. The Labute approximate surface area is 203 Å². The molecule has 5 nitrogen and oxygen atoms in total. The van der Waals surface area contributed by atoms with Crippen molar-refractivity contribution in [2.45, 2.75) is 31.7 Å². The van der Waals surface area contributed by atoms with Crippen molar-refractivity contribution >= 4 is 29.2 Å². The number of amides is 2. The highest BCUT2D eigenvalue weighted by Gasteiger charge is 2.36. The van der Waals surface area contributed by atoms with Crippen LogP contribution in [0.3, 0.4) is 0 Å². The zero-order chi connectivity index (χ0) is 22.8. The average molecular weight is 483 g/mol. The molecule has 3 aromatic rings. The Bertz CT molecular complexity index is 1120. The van der Waals surface area contributed by atoms with Gasteiger partial charge in [-0.25, -0.2) is 4.79 Å². The maximum atomic E-state index is 12.9. The number of benzene rings is 3. The lowest BCUT2D eigenvalue weighted by atomic mass is 10.0. The van der Waals surface area contributed by atoms with Crippen molar-refractivity contribution in [2.75, 3.05) is 13.2 Å². The second kappa shape index (κ2) is 9.64. The lowest BCUT2D eigenvalue weighted by Crippen LogP contribution is -2.56. The first-order chi connectivity index (χ1) is 16.1. The summed E-state index contributed by atoms with van der Waals surface area (Å²) in [4.78, 5) is 14.6. The number of urea groups is 1. The van der Waals surface area contributed by atoms with Gasteiger partial charge in [0.1, 0.15) is 18.1 Å². The molecule has 2 amide bonds. The summed E-state index contributed by atoms with van der Waals surface area (Å²) in [5.41, 5.74) is 3.88. The molecule has 0 spiro atoms. The number of rotatable bonds is 6. The van der Waals surface area contributed by atoms with Gasteiger partial charge in [0.15, 0.2) is 0 Å². The second-order valence-corrected chi connectivity index (χ2v) is 9.01. The molecule has 0 aliphatic carbocycles. The molecule has 1 atom stereocenters. The van der Waals surface area contributed by atoms with Crippen LogP contribution in [-0.2, 0) is 17.7 Å². The van der Waals surface area contributed by atoms with Crippen molar-refractivity contribution in [3.8, 4) is 5.75 Å². The predicted octanol–water partition coefficient (Wildman–Crippen LogP) is 5.98. The first-order valence-corrected chi connectivity index (χ1v) is 11.8. The van der Waals surface area contributed by atoms with E-state index in [4.69, 9.17) is 32.7 Å². The van der Waals surface area contributed by atoms with E-state index in [-0.39, 0.29) is 12.3 Å². The number of ether oxygens (including phenoxy) is 2. The molecule has 0 aromatic heterocycles. The van der Waals surface area contributed by atoms with E-state index in [1.165, 1.54) is 5.56 Å². The average Bonchev–Trinajstić information content (AvgIpc) is 3.27. The molecule has 1 fully saturated rings. The smallest absolute Gasteiger partial charge is 0.319 e. The number of fused-ring (bicyclic) bond motifs is 1. The van der Waals surface area contributed by atoms with Crippen molar-refractivity contribution in [3.05, 3.63) is 99.0 Å². The van der Waals surface area contributed by atoms with E-state index in [0.29, 0.717) is 23.1 Å². The van der Waals surface area contributed by atoms with Gasteiger partial charge < -0.3 is 14.8 Å². The van der Waals surface area contributed by atoms with Crippen LogP contribution in [0.4, 0.5) is 4.79 Å². The third-order valence-corrected chi connectivity index (χ3v) is 6.78. The van der Waals surface area contributed by atoms with E-state index in [9.17, 15) is 4.79 Å². The summed E-state index contributed by atoms with van der Waals surface area (Å²) in [6.07, 6.45) is 0.806. The summed E-state index contributed by atoms with van der Waals surface area (Å²) in [5, 5.41) is 4.20. The topological polar surface area (TPSA) is 50.8 Å². The summed E-state index contributed by atoms with van der Waals surface area (Å²) in [5.74, 6) is 0.937. The standard InChI is InChI=1S/C26H24Cl2N2O3/c27-21-7-3-1-5-19(21)25(20-6-2-4-8-22(20)28)33-24-11-13-30(24)26(31)29-16-17-9-10-23-18(15-17)12-14-32-23/h1-10,15,24-25H,11-14,16H2,(H,29,31). The number of carbonyl (C=O) groups excluding carboxylic acids is 1. The zero-order valence-corrected chi connectivity index (χ0v) is 19.5. The minimum absolute atomic E-state index is 0.153. The van der Waals surface area contributed by atoms with Gasteiger partial charge in [-0.2, -0.15) is 0 Å². The molecule has 33 heavy (non-hydrogen) atoms. The van der Waals surface area contributed by atoms with Gasteiger partial charge in [0.05, 0.1) is 6.61 Å². The summed E-state index contributed by atoms with van der Waals surface area (Å²) >= 11 is 13.0. The fourth-order valence-electron chi connectivity index (χ4n) is 4.21. The van der Waals surface area contributed by atoms with Crippen LogP contribution in [0.25, 0.3) is 0 Å². The maximum absolute atomic E-state index is 12.9. The van der Waals surface area contributed by atoms with Crippen molar-refractivity contribution in [2.24, 2.45) is 0 Å². The Morgan fingerprint density at radius 1 is 1.06 bits per heavy atom. The van der Waals surface area contributed by atoms with Crippen LogP contribution in [0.1, 0.15) is 34.8 Å². The number of halogens is 2. The largest absolute Gasteiger partial charge is 0.493 e. The third-order valence-electron chi connectivity index (χ3n) is 6.09. The van der Waals surface area contributed by atoms with Gasteiger partial charge in [-0.05, 0) is 29.3 Å². The van der Waals surface area contributed by atoms with Crippen molar-refractivity contribution in [1.29, 1.82) is 0 Å². The molecule has 1 N–H and O–H groups in total. The van der Waals surface area contributed by atoms with Crippen LogP contribution < -0.4 is 10.1 Å². The van der Waals surface area contributed by atoms with E-state index in [1.807, 2.05) is 60.7 Å². The lowest BCUT2D eigenvalue weighted by molar-refractivity contribution is -0.120. The fraction of sp³-hybridized carbons (Fsp3) is 0.269. The number of nitrogens with one attached hydrogen (secondary N) is 1. The van der Waals surface area contributed by atoms with Crippen LogP contribution in [0.15, 0.2) is 66.7 Å². The number of nitrogens with zero attached hydrogens (tertiary/aromatic N) is 1. The van der Waals surface area contributed by atoms with Crippen molar-refractivity contribution in [1.82, 2.24) is 10.2 Å². The number of likely N-dealkylation sites (tertiary alicyclic amines) is 1. The quantitative estimate of drug-likeness (QED) is 0.470. The number of carbonyl (C=O) groups is 1. The molecule has 3 aromatic carbocycles. The molecule has 2 aliphatic heterocycles. The van der Waals surface area contributed by atoms with Gasteiger partial charge in [0.2, 0.25) is 0 Å². The van der Waals surface area contributed by atoms with Crippen LogP contribution in [-0.4, -0.2) is 30.3 Å². The van der Waals surface area contributed by atoms with Gasteiger partial charge in [-0.3, -0.25) is 4.90 Å². The molecule has 1 unspecified atom stereocenters. The van der Waals surface area contributed by atoms with Gasteiger partial charge in [0.25, 0.3) is 0 Å². The Morgan fingerprint density at radius 3 is 2.39 bits per heavy atom. The Kier molecular flexibility index (Phi) is 6.45. The Hall–Kier alpha value is -2.73. The predicted molar refractivity (Wildman–Crippen MR) is 129 cm³/mol. The normalized spacial score (nSPS) is 16.8. The van der Waals surface area contributed by atoms with Crippen LogP contribution in [0, 0.1) is 0 Å². The van der Waals surface area contributed by atoms with Crippen molar-refractivity contribution < 1.29 is 14.3 Å². The molecule has 0 saturated carbocycles. The highest BCUT2D eigenvalue weighted by Crippen LogP contribution is 2.38. The van der Waals surface area contributed by atoms with Crippen LogP contribution >= 0.6 is 23.2 Å². The van der Waals surface area contributed by atoms with Gasteiger partial charge >= 0.3 is 6.03 Å². The van der Waals surface area contributed by atoms with Crippen LogP contribution in [0.2, 0.25) is 10.0 Å². The van der Waals surface area contributed by atoms with Gasteiger partial charge in [0, 0.05) is 47.1 Å². The molecule has 5 rings (SSSR count). The van der Waals surface area contributed by atoms with E-state index >= 15 is 0 Å². The molecular formula is C26H24Cl2N2O3.